The van der Waals surface area contributed by atoms with Gasteiger partial charge in [0.25, 0.3) is 0 Å². The van der Waals surface area contributed by atoms with E-state index in [1.807, 2.05) is 56.3 Å². The molecule has 1 saturated heterocycles. The number of nitrogens with one attached hydrogen (secondary N) is 1. The van der Waals surface area contributed by atoms with E-state index in [0.29, 0.717) is 24.8 Å². The number of carbonyl (C=O) groups is 1. The smallest absolute Gasteiger partial charge is 0.241 e. The van der Waals surface area contributed by atoms with Crippen LogP contribution in [-0.4, -0.2) is 58.6 Å². The zero-order chi connectivity index (χ0) is 21.8. The SMILES string of the molecule is Cc1cccc(C)c1NC(=O)CN1CCN(Cc2nc(-c3ccc(Br)cc3)no2)CC1. The van der Waals surface area contributed by atoms with Crippen LogP contribution in [0.25, 0.3) is 11.4 Å². The number of carbonyl (C=O) groups excluding carboxylic acids is 1. The van der Waals surface area contributed by atoms with E-state index in [1.165, 1.54) is 0 Å². The molecule has 162 valence electrons. The Morgan fingerprint density at radius 2 is 1.68 bits per heavy atom. The first-order valence-electron chi connectivity index (χ1n) is 10.4. The average Bonchev–Trinajstić information content (AvgIpc) is 3.21. The number of aryl methyl sites for hydroxylation is 2. The van der Waals surface area contributed by atoms with Crippen molar-refractivity contribution in [2.75, 3.05) is 38.0 Å². The molecule has 31 heavy (non-hydrogen) atoms. The fraction of sp³-hybridized carbons (Fsp3) is 0.348. The number of rotatable bonds is 6. The van der Waals surface area contributed by atoms with E-state index in [4.69, 9.17) is 4.52 Å². The monoisotopic (exact) mass is 483 g/mol. The number of halogens is 1. The lowest BCUT2D eigenvalue weighted by Crippen LogP contribution is -2.48. The normalized spacial score (nSPS) is 15.2. The largest absolute Gasteiger partial charge is 0.338 e. The molecule has 0 atom stereocenters. The lowest BCUT2D eigenvalue weighted by atomic mass is 10.1. The summed E-state index contributed by atoms with van der Waals surface area (Å²) >= 11 is 3.43. The Morgan fingerprint density at radius 3 is 2.35 bits per heavy atom. The Morgan fingerprint density at radius 1 is 1.03 bits per heavy atom. The number of aromatic nitrogens is 2. The van der Waals surface area contributed by atoms with Crippen LogP contribution in [0.5, 0.6) is 0 Å². The molecule has 2 heterocycles. The third kappa shape index (κ3) is 5.58. The van der Waals surface area contributed by atoms with Crippen LogP contribution in [0.1, 0.15) is 17.0 Å². The number of anilines is 1. The Balaban J connectivity index is 1.25. The van der Waals surface area contributed by atoms with Crippen molar-refractivity contribution in [3.8, 4) is 11.4 Å². The predicted molar refractivity (Wildman–Crippen MR) is 124 cm³/mol. The molecule has 1 N–H and O–H groups in total. The Bertz CT molecular complexity index is 1020. The molecule has 0 saturated carbocycles. The van der Waals surface area contributed by atoms with Gasteiger partial charge in [0.2, 0.25) is 17.6 Å². The van der Waals surface area contributed by atoms with E-state index in [-0.39, 0.29) is 5.91 Å². The number of hydrogen-bond donors (Lipinski definition) is 1. The van der Waals surface area contributed by atoms with Gasteiger partial charge >= 0.3 is 0 Å². The van der Waals surface area contributed by atoms with E-state index in [0.717, 1.165) is 53.0 Å². The molecule has 7 nitrogen and oxygen atoms in total. The van der Waals surface area contributed by atoms with Crippen LogP contribution in [0, 0.1) is 13.8 Å². The van der Waals surface area contributed by atoms with E-state index in [2.05, 4.69) is 41.2 Å². The number of hydrogen-bond acceptors (Lipinski definition) is 6. The van der Waals surface area contributed by atoms with Crippen molar-refractivity contribution in [3.05, 3.63) is 64.0 Å². The summed E-state index contributed by atoms with van der Waals surface area (Å²) in [5, 5.41) is 7.17. The van der Waals surface area contributed by atoms with E-state index < -0.39 is 0 Å². The van der Waals surface area contributed by atoms with Gasteiger partial charge in [0, 0.05) is 41.9 Å². The number of piperazine rings is 1. The molecule has 1 aliphatic rings. The van der Waals surface area contributed by atoms with Crippen LogP contribution in [0.4, 0.5) is 5.69 Å². The van der Waals surface area contributed by atoms with Crippen molar-refractivity contribution in [2.24, 2.45) is 0 Å². The average molecular weight is 484 g/mol. The highest BCUT2D eigenvalue weighted by molar-refractivity contribution is 9.10. The minimum Gasteiger partial charge on any atom is -0.338 e. The summed E-state index contributed by atoms with van der Waals surface area (Å²) in [5.41, 5.74) is 4.02. The van der Waals surface area contributed by atoms with Gasteiger partial charge in [-0.25, -0.2) is 0 Å². The third-order valence-electron chi connectivity index (χ3n) is 5.51. The first kappa shape index (κ1) is 21.7. The molecule has 1 fully saturated rings. The first-order chi connectivity index (χ1) is 15.0. The molecule has 0 unspecified atom stereocenters. The molecule has 0 aliphatic carbocycles. The zero-order valence-corrected chi connectivity index (χ0v) is 19.4. The molecular weight excluding hydrogens is 458 g/mol. The number of nitrogens with zero attached hydrogens (tertiary/aromatic N) is 4. The second kappa shape index (κ2) is 9.72. The highest BCUT2D eigenvalue weighted by Crippen LogP contribution is 2.21. The van der Waals surface area contributed by atoms with Gasteiger partial charge in [0.15, 0.2) is 0 Å². The number of amides is 1. The van der Waals surface area contributed by atoms with Gasteiger partial charge in [-0.15, -0.1) is 0 Å². The fourth-order valence-electron chi connectivity index (χ4n) is 3.73. The maximum atomic E-state index is 12.5. The topological polar surface area (TPSA) is 74.5 Å². The highest BCUT2D eigenvalue weighted by atomic mass is 79.9. The van der Waals surface area contributed by atoms with E-state index >= 15 is 0 Å². The lowest BCUT2D eigenvalue weighted by Gasteiger charge is -2.33. The summed E-state index contributed by atoms with van der Waals surface area (Å²) in [6, 6.07) is 13.9. The molecule has 4 rings (SSSR count). The van der Waals surface area contributed by atoms with Crippen molar-refractivity contribution < 1.29 is 9.32 Å². The van der Waals surface area contributed by atoms with Crippen LogP contribution >= 0.6 is 15.9 Å². The van der Waals surface area contributed by atoms with Crippen LogP contribution in [-0.2, 0) is 11.3 Å². The summed E-state index contributed by atoms with van der Waals surface area (Å²) in [4.78, 5) is 21.5. The molecule has 8 heteroatoms. The molecule has 1 amide bonds. The maximum absolute atomic E-state index is 12.5. The molecule has 3 aromatic rings. The van der Waals surface area contributed by atoms with Crippen molar-refractivity contribution in [3.63, 3.8) is 0 Å². The van der Waals surface area contributed by atoms with Gasteiger partial charge in [0.05, 0.1) is 13.1 Å². The molecule has 2 aromatic carbocycles. The standard InChI is InChI=1S/C23H26BrN5O2/c1-16-4-3-5-17(2)22(16)25-20(30)14-28-10-12-29(13-11-28)15-21-26-23(27-31-21)18-6-8-19(24)9-7-18/h3-9H,10-15H2,1-2H3,(H,25,30). The van der Waals surface area contributed by atoms with Gasteiger partial charge in [0.1, 0.15) is 0 Å². The van der Waals surface area contributed by atoms with Crippen molar-refractivity contribution in [1.29, 1.82) is 0 Å². The highest BCUT2D eigenvalue weighted by Gasteiger charge is 2.21. The molecule has 1 aliphatic heterocycles. The summed E-state index contributed by atoms with van der Waals surface area (Å²) in [7, 11) is 0. The number of benzene rings is 2. The second-order valence-electron chi connectivity index (χ2n) is 7.89. The minimum absolute atomic E-state index is 0.0295. The quantitative estimate of drug-likeness (QED) is 0.573. The van der Waals surface area contributed by atoms with Crippen LogP contribution in [0.15, 0.2) is 51.5 Å². The van der Waals surface area contributed by atoms with Gasteiger partial charge in [-0.2, -0.15) is 4.98 Å². The van der Waals surface area contributed by atoms with Crippen molar-refractivity contribution >= 4 is 27.5 Å². The van der Waals surface area contributed by atoms with Gasteiger partial charge < -0.3 is 9.84 Å². The minimum atomic E-state index is 0.0295. The van der Waals surface area contributed by atoms with Crippen molar-refractivity contribution in [1.82, 2.24) is 19.9 Å². The maximum Gasteiger partial charge on any atom is 0.241 e. The van der Waals surface area contributed by atoms with Crippen LogP contribution in [0.2, 0.25) is 0 Å². The Kier molecular flexibility index (Phi) is 6.80. The van der Waals surface area contributed by atoms with Gasteiger partial charge in [-0.3, -0.25) is 14.6 Å². The number of para-hydroxylation sites is 1. The van der Waals surface area contributed by atoms with E-state index in [9.17, 15) is 4.79 Å². The predicted octanol–water partition coefficient (Wildman–Crippen LogP) is 3.87. The summed E-state index contributed by atoms with van der Waals surface area (Å²) < 4.78 is 6.45. The molecular formula is C23H26BrN5O2. The Labute approximate surface area is 190 Å². The Hall–Kier alpha value is -2.55. The molecule has 0 radical (unpaired) electrons. The first-order valence-corrected chi connectivity index (χ1v) is 11.2. The molecule has 1 aromatic heterocycles. The summed E-state index contributed by atoms with van der Waals surface area (Å²) in [5.74, 6) is 1.24. The van der Waals surface area contributed by atoms with Crippen LogP contribution < -0.4 is 5.32 Å². The van der Waals surface area contributed by atoms with Gasteiger partial charge in [-0.1, -0.05) is 39.3 Å². The second-order valence-corrected chi connectivity index (χ2v) is 8.80. The van der Waals surface area contributed by atoms with Crippen molar-refractivity contribution in [2.45, 2.75) is 20.4 Å². The zero-order valence-electron chi connectivity index (χ0n) is 17.8. The summed E-state index contributed by atoms with van der Waals surface area (Å²) in [6.45, 7) is 8.41. The fourth-order valence-corrected chi connectivity index (χ4v) is 3.99. The third-order valence-corrected chi connectivity index (χ3v) is 6.04. The van der Waals surface area contributed by atoms with Gasteiger partial charge in [-0.05, 0) is 49.2 Å². The van der Waals surface area contributed by atoms with E-state index in [1.54, 1.807) is 0 Å². The summed E-state index contributed by atoms with van der Waals surface area (Å²) in [6.07, 6.45) is 0. The molecule has 0 spiro atoms. The molecule has 0 bridgehead atoms. The lowest BCUT2D eigenvalue weighted by molar-refractivity contribution is -0.117. The van der Waals surface area contributed by atoms with Crippen LogP contribution in [0.3, 0.4) is 0 Å².